The molecule has 2 aromatic rings. The molecular formula is C15H21N3O2. The van der Waals surface area contributed by atoms with Crippen LogP contribution in [0.2, 0.25) is 0 Å². The van der Waals surface area contributed by atoms with Crippen LogP contribution in [0.4, 0.5) is 5.69 Å². The average Bonchev–Trinajstić information content (AvgIpc) is 3.02. The maximum atomic E-state index is 8.96. The molecule has 0 radical (unpaired) electrons. The number of aliphatic hydroxyl groups is 1. The fourth-order valence-corrected chi connectivity index (χ4v) is 2.99. The molecule has 108 valence electrons. The number of benzene rings is 1. The third-order valence-electron chi connectivity index (χ3n) is 3.99. The van der Waals surface area contributed by atoms with Gasteiger partial charge in [-0.25, -0.2) is 4.98 Å². The van der Waals surface area contributed by atoms with Gasteiger partial charge < -0.3 is 15.3 Å². The number of nitrogens with two attached hydrogens (primary N) is 1. The van der Waals surface area contributed by atoms with E-state index in [0.717, 1.165) is 42.9 Å². The summed E-state index contributed by atoms with van der Waals surface area (Å²) < 4.78 is 5.78. The summed E-state index contributed by atoms with van der Waals surface area (Å²) in [5.74, 6) is 0.751. The highest BCUT2D eigenvalue weighted by Gasteiger charge is 2.25. The van der Waals surface area contributed by atoms with E-state index >= 15 is 0 Å². The number of hydrogen-bond acceptors (Lipinski definition) is 5. The number of aromatic nitrogens is 1. The monoisotopic (exact) mass is 275 g/mol. The molecule has 0 amide bonds. The molecule has 0 aliphatic carbocycles. The number of likely N-dealkylation sites (tertiary alicyclic amines) is 1. The van der Waals surface area contributed by atoms with Crippen LogP contribution in [-0.2, 0) is 6.54 Å². The standard InChI is InChI=1S/C15H21N3O2/c16-11-5-6-14-13(9-11)17-15(20-14)10-18-7-1-3-12(18)4-2-8-19/h5-6,9,12,19H,1-4,7-8,10,16H2. The molecule has 3 rings (SSSR count). The molecule has 1 aliphatic rings. The Hall–Kier alpha value is -1.59. The first-order valence-electron chi connectivity index (χ1n) is 7.26. The van der Waals surface area contributed by atoms with Crippen LogP contribution in [-0.4, -0.2) is 34.2 Å². The molecule has 1 aliphatic heterocycles. The van der Waals surface area contributed by atoms with Gasteiger partial charge in [-0.1, -0.05) is 0 Å². The number of fused-ring (bicyclic) bond motifs is 1. The first kappa shape index (κ1) is 13.4. The summed E-state index contributed by atoms with van der Waals surface area (Å²) >= 11 is 0. The van der Waals surface area contributed by atoms with E-state index in [1.165, 1.54) is 12.8 Å². The molecule has 5 heteroatoms. The molecule has 0 saturated carbocycles. The van der Waals surface area contributed by atoms with E-state index in [-0.39, 0.29) is 6.61 Å². The van der Waals surface area contributed by atoms with E-state index in [1.807, 2.05) is 18.2 Å². The van der Waals surface area contributed by atoms with Crippen LogP contribution in [0.15, 0.2) is 22.6 Å². The fourth-order valence-electron chi connectivity index (χ4n) is 2.99. The van der Waals surface area contributed by atoms with Crippen molar-refractivity contribution in [2.75, 3.05) is 18.9 Å². The van der Waals surface area contributed by atoms with Crippen molar-refractivity contribution in [1.29, 1.82) is 0 Å². The predicted molar refractivity (Wildman–Crippen MR) is 78.2 cm³/mol. The molecule has 1 atom stereocenters. The number of anilines is 1. The maximum absolute atomic E-state index is 8.96. The summed E-state index contributed by atoms with van der Waals surface area (Å²) in [4.78, 5) is 6.92. The zero-order chi connectivity index (χ0) is 13.9. The topological polar surface area (TPSA) is 75.5 Å². The number of hydrogen-bond donors (Lipinski definition) is 2. The van der Waals surface area contributed by atoms with Crippen LogP contribution in [0.1, 0.15) is 31.6 Å². The number of rotatable bonds is 5. The van der Waals surface area contributed by atoms with Crippen molar-refractivity contribution in [3.63, 3.8) is 0 Å². The molecule has 1 aromatic carbocycles. The van der Waals surface area contributed by atoms with Gasteiger partial charge in [-0.2, -0.15) is 0 Å². The Bertz CT molecular complexity index is 582. The minimum absolute atomic E-state index is 0.270. The van der Waals surface area contributed by atoms with Gasteiger partial charge in [-0.15, -0.1) is 0 Å². The number of nitrogens with zero attached hydrogens (tertiary/aromatic N) is 2. The zero-order valence-corrected chi connectivity index (χ0v) is 11.6. The van der Waals surface area contributed by atoms with Crippen molar-refractivity contribution in [3.8, 4) is 0 Å². The summed E-state index contributed by atoms with van der Waals surface area (Å²) in [7, 11) is 0. The maximum Gasteiger partial charge on any atom is 0.209 e. The minimum atomic E-state index is 0.270. The first-order chi connectivity index (χ1) is 9.76. The van der Waals surface area contributed by atoms with E-state index in [4.69, 9.17) is 15.3 Å². The van der Waals surface area contributed by atoms with E-state index in [9.17, 15) is 0 Å². The van der Waals surface area contributed by atoms with Crippen molar-refractivity contribution < 1.29 is 9.52 Å². The van der Waals surface area contributed by atoms with Gasteiger partial charge >= 0.3 is 0 Å². The smallest absolute Gasteiger partial charge is 0.209 e. The van der Waals surface area contributed by atoms with Crippen LogP contribution in [0.3, 0.4) is 0 Å². The van der Waals surface area contributed by atoms with Crippen LogP contribution in [0.5, 0.6) is 0 Å². The lowest BCUT2D eigenvalue weighted by Gasteiger charge is -2.22. The molecule has 0 spiro atoms. The first-order valence-corrected chi connectivity index (χ1v) is 7.26. The van der Waals surface area contributed by atoms with E-state index in [1.54, 1.807) is 0 Å². The Morgan fingerprint density at radius 1 is 1.45 bits per heavy atom. The van der Waals surface area contributed by atoms with Crippen LogP contribution in [0, 0.1) is 0 Å². The number of nitrogen functional groups attached to an aromatic ring is 1. The van der Waals surface area contributed by atoms with Gasteiger partial charge in [0.2, 0.25) is 5.89 Å². The lowest BCUT2D eigenvalue weighted by atomic mass is 10.1. The average molecular weight is 275 g/mol. The molecular weight excluding hydrogens is 254 g/mol. The Morgan fingerprint density at radius 3 is 3.20 bits per heavy atom. The highest BCUT2D eigenvalue weighted by Crippen LogP contribution is 2.25. The second-order valence-corrected chi connectivity index (χ2v) is 5.47. The second kappa shape index (κ2) is 5.81. The Kier molecular flexibility index (Phi) is 3.89. The van der Waals surface area contributed by atoms with Crippen LogP contribution < -0.4 is 5.73 Å². The lowest BCUT2D eigenvalue weighted by Crippen LogP contribution is -2.29. The highest BCUT2D eigenvalue weighted by molar-refractivity contribution is 5.76. The van der Waals surface area contributed by atoms with Gasteiger partial charge in [-0.05, 0) is 50.4 Å². The van der Waals surface area contributed by atoms with Crippen molar-refractivity contribution in [2.45, 2.75) is 38.3 Å². The minimum Gasteiger partial charge on any atom is -0.439 e. The van der Waals surface area contributed by atoms with Gasteiger partial charge in [0.05, 0.1) is 6.54 Å². The normalized spacial score (nSPS) is 19.9. The molecule has 2 heterocycles. The Balaban J connectivity index is 1.71. The lowest BCUT2D eigenvalue weighted by molar-refractivity contribution is 0.196. The van der Waals surface area contributed by atoms with E-state index in [0.29, 0.717) is 11.7 Å². The SMILES string of the molecule is Nc1ccc2oc(CN3CCCC3CCCO)nc2c1. The highest BCUT2D eigenvalue weighted by atomic mass is 16.3. The third-order valence-corrected chi connectivity index (χ3v) is 3.99. The van der Waals surface area contributed by atoms with Crippen molar-refractivity contribution in [1.82, 2.24) is 9.88 Å². The summed E-state index contributed by atoms with van der Waals surface area (Å²) in [5, 5.41) is 8.96. The van der Waals surface area contributed by atoms with Crippen molar-refractivity contribution in [3.05, 3.63) is 24.1 Å². The molecule has 1 saturated heterocycles. The Labute approximate surface area is 118 Å². The van der Waals surface area contributed by atoms with Crippen molar-refractivity contribution in [2.24, 2.45) is 0 Å². The molecule has 20 heavy (non-hydrogen) atoms. The van der Waals surface area contributed by atoms with Crippen molar-refractivity contribution >= 4 is 16.8 Å². The Morgan fingerprint density at radius 2 is 2.35 bits per heavy atom. The molecule has 1 fully saturated rings. The van der Waals surface area contributed by atoms with Gasteiger partial charge in [0.15, 0.2) is 5.58 Å². The van der Waals surface area contributed by atoms with E-state index in [2.05, 4.69) is 9.88 Å². The molecule has 1 aromatic heterocycles. The summed E-state index contributed by atoms with van der Waals surface area (Å²) in [6.07, 6.45) is 4.32. The summed E-state index contributed by atoms with van der Waals surface area (Å²) in [6.45, 7) is 2.09. The number of aliphatic hydroxyl groups excluding tert-OH is 1. The van der Waals surface area contributed by atoms with Gasteiger partial charge in [0, 0.05) is 18.3 Å². The second-order valence-electron chi connectivity index (χ2n) is 5.47. The van der Waals surface area contributed by atoms with Gasteiger partial charge in [0.1, 0.15) is 5.52 Å². The zero-order valence-electron chi connectivity index (χ0n) is 11.6. The van der Waals surface area contributed by atoms with Gasteiger partial charge in [-0.3, -0.25) is 4.90 Å². The third kappa shape index (κ3) is 2.78. The quantitative estimate of drug-likeness (QED) is 0.818. The van der Waals surface area contributed by atoms with Crippen LogP contribution >= 0.6 is 0 Å². The molecule has 1 unspecified atom stereocenters. The fraction of sp³-hybridized carbons (Fsp3) is 0.533. The summed E-state index contributed by atoms with van der Waals surface area (Å²) in [5.41, 5.74) is 8.08. The van der Waals surface area contributed by atoms with Gasteiger partial charge in [0.25, 0.3) is 0 Å². The van der Waals surface area contributed by atoms with E-state index < -0.39 is 0 Å². The molecule has 5 nitrogen and oxygen atoms in total. The molecule has 0 bridgehead atoms. The largest absolute Gasteiger partial charge is 0.439 e. The summed E-state index contributed by atoms with van der Waals surface area (Å²) in [6, 6.07) is 6.09. The number of oxazole rings is 1. The molecule has 3 N–H and O–H groups in total. The van der Waals surface area contributed by atoms with Crippen LogP contribution in [0.25, 0.3) is 11.1 Å². The predicted octanol–water partition coefficient (Wildman–Crippen LogP) is 2.15.